The minimum absolute atomic E-state index is 0.135. The number of hydrogen-bond acceptors (Lipinski definition) is 6. The Hall–Kier alpha value is -1.09. The molecule has 8 heteroatoms. The second kappa shape index (κ2) is 7.21. The highest BCUT2D eigenvalue weighted by molar-refractivity contribution is 7.99. The fourth-order valence-electron chi connectivity index (χ4n) is 2.01. The van der Waals surface area contributed by atoms with E-state index in [4.69, 9.17) is 10.5 Å². The Morgan fingerprint density at radius 2 is 1.91 bits per heavy atom. The maximum atomic E-state index is 12.2. The summed E-state index contributed by atoms with van der Waals surface area (Å²) >= 11 is 2.99. The molecule has 0 saturated carbocycles. The van der Waals surface area contributed by atoms with Crippen molar-refractivity contribution >= 4 is 40.1 Å². The lowest BCUT2D eigenvalue weighted by atomic mass is 9.96. The first-order valence-electron chi connectivity index (χ1n) is 7.45. The van der Waals surface area contributed by atoms with E-state index in [0.29, 0.717) is 23.8 Å². The van der Waals surface area contributed by atoms with Crippen LogP contribution in [0.15, 0.2) is 4.21 Å². The average Bonchev–Trinajstić information content (AvgIpc) is 2.75. The van der Waals surface area contributed by atoms with E-state index in [1.54, 1.807) is 11.9 Å². The van der Waals surface area contributed by atoms with Crippen LogP contribution in [0.3, 0.4) is 0 Å². The number of rotatable bonds is 4. The van der Waals surface area contributed by atoms with Crippen molar-refractivity contribution in [2.75, 3.05) is 31.6 Å². The molecule has 0 aliphatic carbocycles. The topological polar surface area (TPSA) is 84.7 Å². The van der Waals surface area contributed by atoms with Crippen LogP contribution >= 0.6 is 23.3 Å². The zero-order valence-electron chi connectivity index (χ0n) is 13.9. The van der Waals surface area contributed by atoms with Gasteiger partial charge in [-0.3, -0.25) is 9.59 Å². The van der Waals surface area contributed by atoms with Gasteiger partial charge in [0, 0.05) is 18.5 Å². The van der Waals surface area contributed by atoms with E-state index in [1.165, 1.54) is 11.3 Å². The Labute approximate surface area is 144 Å². The van der Waals surface area contributed by atoms with Crippen LogP contribution in [-0.2, 0) is 9.53 Å². The molecule has 128 valence electrons. The average molecular weight is 358 g/mol. The molecule has 0 aromatic carbocycles. The molecule has 6 nitrogen and oxygen atoms in total. The molecule has 2 rings (SSSR count). The minimum atomic E-state index is -0.537. The number of ether oxygens (including phenoxy) is 1. The largest absolute Gasteiger partial charge is 0.379 e. The highest BCUT2D eigenvalue weighted by Crippen LogP contribution is 2.41. The van der Waals surface area contributed by atoms with Crippen LogP contribution in [0.5, 0.6) is 0 Å². The summed E-state index contributed by atoms with van der Waals surface area (Å²) in [5, 5.41) is 3.39. The molecule has 1 aromatic heterocycles. The predicted octanol–water partition coefficient (Wildman–Crippen LogP) is 2.48. The van der Waals surface area contributed by atoms with Crippen LogP contribution in [0.4, 0.5) is 5.00 Å². The highest BCUT2D eigenvalue weighted by atomic mass is 32.2. The Kier molecular flexibility index (Phi) is 5.72. The van der Waals surface area contributed by atoms with Crippen LogP contribution in [0.1, 0.15) is 36.7 Å². The molecule has 0 bridgehead atoms. The molecule has 1 aliphatic heterocycles. The van der Waals surface area contributed by atoms with E-state index in [1.807, 2.05) is 27.7 Å². The van der Waals surface area contributed by atoms with Crippen LogP contribution in [0.25, 0.3) is 0 Å². The van der Waals surface area contributed by atoms with Gasteiger partial charge in [-0.05, 0) is 24.4 Å². The molecule has 2 heterocycles. The molecule has 2 amide bonds. The van der Waals surface area contributed by atoms with E-state index < -0.39 is 11.3 Å². The van der Waals surface area contributed by atoms with E-state index in [-0.39, 0.29) is 5.91 Å². The van der Waals surface area contributed by atoms with Crippen molar-refractivity contribution in [1.29, 1.82) is 0 Å². The summed E-state index contributed by atoms with van der Waals surface area (Å²) in [5.74, 6) is -0.652. The van der Waals surface area contributed by atoms with Gasteiger partial charge in [-0.25, -0.2) is 4.31 Å². The van der Waals surface area contributed by atoms with Crippen molar-refractivity contribution in [2.45, 2.75) is 31.9 Å². The Balaban J connectivity index is 2.25. The second-order valence-electron chi connectivity index (χ2n) is 6.42. The molecule has 1 saturated heterocycles. The first-order valence-corrected chi connectivity index (χ1v) is 9.04. The van der Waals surface area contributed by atoms with Crippen molar-refractivity contribution in [1.82, 2.24) is 4.31 Å². The first-order chi connectivity index (χ1) is 10.7. The van der Waals surface area contributed by atoms with Gasteiger partial charge in [0.1, 0.15) is 5.00 Å². The minimum Gasteiger partial charge on any atom is -0.379 e. The molecular formula is C15H23N3O3S2. The van der Waals surface area contributed by atoms with Gasteiger partial charge in [-0.2, -0.15) is 0 Å². The molecule has 1 fully saturated rings. The summed E-state index contributed by atoms with van der Waals surface area (Å²) < 4.78 is 8.52. The third-order valence-electron chi connectivity index (χ3n) is 3.44. The molecule has 0 radical (unpaired) electrons. The monoisotopic (exact) mass is 357 g/mol. The number of primary amides is 1. The first kappa shape index (κ1) is 18.3. The Morgan fingerprint density at radius 3 is 2.43 bits per heavy atom. The normalized spacial score (nSPS) is 16.3. The molecule has 1 aromatic rings. The Morgan fingerprint density at radius 1 is 1.30 bits per heavy atom. The molecule has 23 heavy (non-hydrogen) atoms. The van der Waals surface area contributed by atoms with Crippen LogP contribution < -0.4 is 11.1 Å². The van der Waals surface area contributed by atoms with Crippen molar-refractivity contribution in [3.05, 3.63) is 11.1 Å². The standard InChI is InChI=1S/C15H23N3O3S2/c1-9-10(11(16)19)12(17-14(20)15(2,3)4)22-13(9)23-18-5-7-21-8-6-18/h5-8H2,1-4H3,(H2,16,19)(H,17,20). The lowest BCUT2D eigenvalue weighted by Gasteiger charge is -2.24. The van der Waals surface area contributed by atoms with Gasteiger partial charge >= 0.3 is 0 Å². The highest BCUT2D eigenvalue weighted by Gasteiger charge is 2.27. The quantitative estimate of drug-likeness (QED) is 0.809. The van der Waals surface area contributed by atoms with Crippen LogP contribution in [0, 0.1) is 12.3 Å². The van der Waals surface area contributed by atoms with Gasteiger partial charge in [0.15, 0.2) is 0 Å². The number of thiophene rings is 1. The lowest BCUT2D eigenvalue weighted by molar-refractivity contribution is -0.123. The molecule has 0 unspecified atom stereocenters. The van der Waals surface area contributed by atoms with Gasteiger partial charge in [0.05, 0.1) is 23.0 Å². The van der Waals surface area contributed by atoms with Crippen molar-refractivity contribution in [3.8, 4) is 0 Å². The van der Waals surface area contributed by atoms with Gasteiger partial charge in [0.2, 0.25) is 5.91 Å². The fourth-order valence-corrected chi connectivity index (χ4v) is 4.47. The molecule has 0 atom stereocenters. The van der Waals surface area contributed by atoms with Gasteiger partial charge in [-0.1, -0.05) is 20.8 Å². The second-order valence-corrected chi connectivity index (χ2v) is 8.81. The number of carbonyl (C=O) groups excluding carboxylic acids is 2. The molecule has 3 N–H and O–H groups in total. The summed E-state index contributed by atoms with van der Waals surface area (Å²) in [5.41, 5.74) is 6.21. The summed E-state index contributed by atoms with van der Waals surface area (Å²) in [7, 11) is 0. The van der Waals surface area contributed by atoms with Crippen LogP contribution in [-0.4, -0.2) is 42.4 Å². The SMILES string of the molecule is Cc1c(SN2CCOCC2)sc(NC(=O)C(C)(C)C)c1C(N)=O. The number of nitrogens with one attached hydrogen (secondary N) is 1. The van der Waals surface area contributed by atoms with Gasteiger partial charge < -0.3 is 15.8 Å². The van der Waals surface area contributed by atoms with E-state index in [0.717, 1.165) is 22.9 Å². The molecular weight excluding hydrogens is 334 g/mol. The van der Waals surface area contributed by atoms with Gasteiger partial charge in [0.25, 0.3) is 5.91 Å². The third kappa shape index (κ3) is 4.47. The summed E-state index contributed by atoms with van der Waals surface area (Å²) in [6, 6.07) is 0. The van der Waals surface area contributed by atoms with E-state index >= 15 is 0 Å². The van der Waals surface area contributed by atoms with Gasteiger partial charge in [-0.15, -0.1) is 11.3 Å². The number of morpholine rings is 1. The maximum Gasteiger partial charge on any atom is 0.252 e. The summed E-state index contributed by atoms with van der Waals surface area (Å²) in [4.78, 5) is 24.0. The van der Waals surface area contributed by atoms with Crippen molar-refractivity contribution < 1.29 is 14.3 Å². The number of nitrogens with zero attached hydrogens (tertiary/aromatic N) is 1. The molecule has 1 aliphatic rings. The number of carbonyl (C=O) groups is 2. The van der Waals surface area contributed by atoms with Crippen molar-refractivity contribution in [2.24, 2.45) is 11.1 Å². The number of amides is 2. The third-order valence-corrected chi connectivity index (χ3v) is 6.01. The Bertz CT molecular complexity index is 602. The molecule has 0 spiro atoms. The number of anilines is 1. The maximum absolute atomic E-state index is 12.2. The van der Waals surface area contributed by atoms with Crippen LogP contribution in [0.2, 0.25) is 0 Å². The van der Waals surface area contributed by atoms with E-state index in [9.17, 15) is 9.59 Å². The number of hydrogen-bond donors (Lipinski definition) is 2. The number of nitrogens with two attached hydrogens (primary N) is 1. The lowest BCUT2D eigenvalue weighted by Crippen LogP contribution is -2.30. The zero-order valence-corrected chi connectivity index (χ0v) is 15.5. The fraction of sp³-hybridized carbons (Fsp3) is 0.600. The van der Waals surface area contributed by atoms with Crippen molar-refractivity contribution in [3.63, 3.8) is 0 Å². The predicted molar refractivity (Wildman–Crippen MR) is 93.9 cm³/mol. The summed E-state index contributed by atoms with van der Waals surface area (Å²) in [6.07, 6.45) is 0. The van der Waals surface area contributed by atoms with E-state index in [2.05, 4.69) is 9.62 Å². The summed E-state index contributed by atoms with van der Waals surface area (Å²) in [6.45, 7) is 10.4. The smallest absolute Gasteiger partial charge is 0.252 e. The zero-order chi connectivity index (χ0) is 17.2.